The topological polar surface area (TPSA) is 80.0 Å². The average Bonchev–Trinajstić information content (AvgIpc) is 2.55. The Kier molecular flexibility index (Phi) is 6.64. The van der Waals surface area contributed by atoms with Crippen LogP contribution in [-0.2, 0) is 25.4 Å². The Morgan fingerprint density at radius 1 is 1.45 bits per heavy atom. The predicted molar refractivity (Wildman–Crippen MR) is 80.8 cm³/mol. The van der Waals surface area contributed by atoms with E-state index in [-0.39, 0.29) is 6.10 Å². The average molecular weight is 309 g/mol. The second-order valence-corrected chi connectivity index (χ2v) is 5.19. The monoisotopic (exact) mass is 309 g/mol. The molecule has 1 heterocycles. The van der Waals surface area contributed by atoms with Crippen LogP contribution >= 0.6 is 0 Å². The third kappa shape index (κ3) is 5.29. The third-order valence-electron chi connectivity index (χ3n) is 3.45. The SMILES string of the molecule is COC(=O)[C@@H](N)Cc1cccc(OCCC2COCCO2)c1. The molecule has 0 aliphatic carbocycles. The molecule has 2 rings (SSSR count). The summed E-state index contributed by atoms with van der Waals surface area (Å²) in [5.74, 6) is 0.340. The zero-order chi connectivity index (χ0) is 15.8. The molecule has 0 amide bonds. The van der Waals surface area contributed by atoms with Crippen LogP contribution in [0.15, 0.2) is 24.3 Å². The van der Waals surface area contributed by atoms with Gasteiger partial charge in [-0.25, -0.2) is 0 Å². The number of hydrogen-bond donors (Lipinski definition) is 1. The molecule has 22 heavy (non-hydrogen) atoms. The van der Waals surface area contributed by atoms with Crippen LogP contribution in [0.4, 0.5) is 0 Å². The van der Waals surface area contributed by atoms with E-state index in [1.54, 1.807) is 0 Å². The highest BCUT2D eigenvalue weighted by atomic mass is 16.6. The van der Waals surface area contributed by atoms with Crippen molar-refractivity contribution in [2.24, 2.45) is 5.73 Å². The van der Waals surface area contributed by atoms with Crippen molar-refractivity contribution in [3.05, 3.63) is 29.8 Å². The van der Waals surface area contributed by atoms with Crippen molar-refractivity contribution in [2.45, 2.75) is 25.0 Å². The van der Waals surface area contributed by atoms with Crippen molar-refractivity contribution in [1.82, 2.24) is 0 Å². The van der Waals surface area contributed by atoms with E-state index in [1.807, 2.05) is 24.3 Å². The molecule has 1 fully saturated rings. The van der Waals surface area contributed by atoms with E-state index in [2.05, 4.69) is 4.74 Å². The van der Waals surface area contributed by atoms with Gasteiger partial charge in [0.05, 0.1) is 39.6 Å². The van der Waals surface area contributed by atoms with Crippen LogP contribution in [0.25, 0.3) is 0 Å². The number of ether oxygens (including phenoxy) is 4. The van der Waals surface area contributed by atoms with Crippen molar-refractivity contribution < 1.29 is 23.7 Å². The fraction of sp³-hybridized carbons (Fsp3) is 0.562. The zero-order valence-corrected chi connectivity index (χ0v) is 12.8. The van der Waals surface area contributed by atoms with Crippen LogP contribution < -0.4 is 10.5 Å². The molecule has 0 saturated carbocycles. The largest absolute Gasteiger partial charge is 0.493 e. The molecular formula is C16H23NO5. The zero-order valence-electron chi connectivity index (χ0n) is 12.8. The van der Waals surface area contributed by atoms with Gasteiger partial charge in [-0.2, -0.15) is 0 Å². The summed E-state index contributed by atoms with van der Waals surface area (Å²) in [6.45, 7) is 2.49. The van der Waals surface area contributed by atoms with Gasteiger partial charge in [0.1, 0.15) is 11.8 Å². The van der Waals surface area contributed by atoms with Crippen LogP contribution in [0.1, 0.15) is 12.0 Å². The van der Waals surface area contributed by atoms with Gasteiger partial charge in [0, 0.05) is 6.42 Å². The molecule has 6 nitrogen and oxygen atoms in total. The fourth-order valence-electron chi connectivity index (χ4n) is 2.26. The Balaban J connectivity index is 1.79. The standard InChI is InChI=1S/C16H23NO5/c1-19-16(18)15(17)10-12-3-2-4-13(9-12)21-6-5-14-11-20-7-8-22-14/h2-4,9,14-15H,5-8,10-11,17H2,1H3/t14?,15-/m0/s1. The lowest BCUT2D eigenvalue weighted by Crippen LogP contribution is -2.33. The summed E-state index contributed by atoms with van der Waals surface area (Å²) in [4.78, 5) is 11.3. The molecule has 6 heteroatoms. The number of esters is 1. The Morgan fingerprint density at radius 3 is 3.05 bits per heavy atom. The van der Waals surface area contributed by atoms with Crippen LogP contribution in [0.2, 0.25) is 0 Å². The molecule has 0 spiro atoms. The maximum Gasteiger partial charge on any atom is 0.322 e. The van der Waals surface area contributed by atoms with Gasteiger partial charge < -0.3 is 24.7 Å². The number of benzene rings is 1. The lowest BCUT2D eigenvalue weighted by molar-refractivity contribution is -0.142. The number of methoxy groups -OCH3 is 1. The van der Waals surface area contributed by atoms with Crippen LogP contribution in [0, 0.1) is 0 Å². The highest BCUT2D eigenvalue weighted by Gasteiger charge is 2.15. The van der Waals surface area contributed by atoms with Gasteiger partial charge in [0.15, 0.2) is 0 Å². The smallest absolute Gasteiger partial charge is 0.322 e. The Labute approximate surface area is 130 Å². The van der Waals surface area contributed by atoms with Gasteiger partial charge in [-0.3, -0.25) is 4.79 Å². The van der Waals surface area contributed by atoms with Gasteiger partial charge in [0.2, 0.25) is 0 Å². The van der Waals surface area contributed by atoms with Crippen molar-refractivity contribution in [2.75, 3.05) is 33.5 Å². The normalized spacial score (nSPS) is 19.5. The van der Waals surface area contributed by atoms with E-state index < -0.39 is 12.0 Å². The van der Waals surface area contributed by atoms with Crippen LogP contribution in [0.5, 0.6) is 5.75 Å². The summed E-state index contributed by atoms with van der Waals surface area (Å²) in [5.41, 5.74) is 6.70. The van der Waals surface area contributed by atoms with E-state index in [1.165, 1.54) is 7.11 Å². The van der Waals surface area contributed by atoms with E-state index in [0.29, 0.717) is 32.8 Å². The summed E-state index contributed by atoms with van der Waals surface area (Å²) in [5, 5.41) is 0. The lowest BCUT2D eigenvalue weighted by atomic mass is 10.1. The highest BCUT2D eigenvalue weighted by molar-refractivity contribution is 5.75. The van der Waals surface area contributed by atoms with Crippen LogP contribution in [0.3, 0.4) is 0 Å². The summed E-state index contributed by atoms with van der Waals surface area (Å²) in [7, 11) is 1.33. The predicted octanol–water partition coefficient (Wildman–Crippen LogP) is 0.914. The van der Waals surface area contributed by atoms with Crippen molar-refractivity contribution in [3.63, 3.8) is 0 Å². The first kappa shape index (κ1) is 16.7. The minimum atomic E-state index is -0.659. The number of carbonyl (C=O) groups excluding carboxylic acids is 1. The molecule has 0 bridgehead atoms. The molecule has 2 atom stereocenters. The molecule has 1 aliphatic heterocycles. The maximum absolute atomic E-state index is 11.3. The molecule has 1 saturated heterocycles. The molecule has 0 radical (unpaired) electrons. The first-order chi connectivity index (χ1) is 10.7. The van der Waals surface area contributed by atoms with Gasteiger partial charge in [-0.15, -0.1) is 0 Å². The Bertz CT molecular complexity index is 473. The van der Waals surface area contributed by atoms with Gasteiger partial charge in [0.25, 0.3) is 0 Å². The second-order valence-electron chi connectivity index (χ2n) is 5.19. The van der Waals surface area contributed by atoms with Crippen molar-refractivity contribution >= 4 is 5.97 Å². The summed E-state index contributed by atoms with van der Waals surface area (Å²) >= 11 is 0. The fourth-order valence-corrected chi connectivity index (χ4v) is 2.26. The minimum Gasteiger partial charge on any atom is -0.493 e. The van der Waals surface area contributed by atoms with E-state index >= 15 is 0 Å². The molecular weight excluding hydrogens is 286 g/mol. The van der Waals surface area contributed by atoms with Crippen LogP contribution in [-0.4, -0.2) is 51.7 Å². The summed E-state index contributed by atoms with van der Waals surface area (Å²) < 4.78 is 21.3. The molecule has 122 valence electrons. The van der Waals surface area contributed by atoms with Gasteiger partial charge in [-0.05, 0) is 24.1 Å². The number of rotatable bonds is 7. The maximum atomic E-state index is 11.3. The number of nitrogens with two attached hydrogens (primary N) is 1. The number of hydrogen-bond acceptors (Lipinski definition) is 6. The molecule has 1 aromatic carbocycles. The Hall–Kier alpha value is -1.63. The van der Waals surface area contributed by atoms with E-state index in [4.69, 9.17) is 19.9 Å². The van der Waals surface area contributed by atoms with Crippen molar-refractivity contribution in [1.29, 1.82) is 0 Å². The lowest BCUT2D eigenvalue weighted by Gasteiger charge is -2.22. The summed E-state index contributed by atoms with van der Waals surface area (Å²) in [6.07, 6.45) is 1.31. The molecule has 1 aliphatic rings. The van der Waals surface area contributed by atoms with Gasteiger partial charge in [-0.1, -0.05) is 12.1 Å². The molecule has 2 N–H and O–H groups in total. The first-order valence-corrected chi connectivity index (χ1v) is 7.43. The quantitative estimate of drug-likeness (QED) is 0.754. The first-order valence-electron chi connectivity index (χ1n) is 7.43. The third-order valence-corrected chi connectivity index (χ3v) is 3.45. The molecule has 1 aromatic rings. The van der Waals surface area contributed by atoms with E-state index in [0.717, 1.165) is 17.7 Å². The summed E-state index contributed by atoms with van der Waals surface area (Å²) in [6, 6.07) is 6.91. The van der Waals surface area contributed by atoms with Crippen molar-refractivity contribution in [3.8, 4) is 5.75 Å². The van der Waals surface area contributed by atoms with E-state index in [9.17, 15) is 4.79 Å². The minimum absolute atomic E-state index is 0.102. The Morgan fingerprint density at radius 2 is 2.32 bits per heavy atom. The van der Waals surface area contributed by atoms with Gasteiger partial charge >= 0.3 is 5.97 Å². The second kappa shape index (κ2) is 8.73. The molecule has 1 unspecified atom stereocenters. The number of carbonyl (C=O) groups is 1. The highest BCUT2D eigenvalue weighted by Crippen LogP contribution is 2.16. The molecule has 0 aromatic heterocycles.